The molecule has 0 saturated heterocycles. The van der Waals surface area contributed by atoms with Gasteiger partial charge in [-0.3, -0.25) is 0 Å². The molecule has 0 amide bonds. The van der Waals surface area contributed by atoms with E-state index in [9.17, 15) is 15.0 Å². The van der Waals surface area contributed by atoms with Crippen molar-refractivity contribution >= 4 is 5.97 Å². The molecule has 0 spiro atoms. The Morgan fingerprint density at radius 1 is 1.32 bits per heavy atom. The Balaban J connectivity index is 0.000000224. The van der Waals surface area contributed by atoms with Crippen molar-refractivity contribution < 1.29 is 24.2 Å². The molecule has 3 rings (SSSR count). The fraction of sp³-hybridized carbons (Fsp3) is 0.500. The summed E-state index contributed by atoms with van der Waals surface area (Å²) in [6, 6.07) is 3.67. The first-order valence-corrected chi connectivity index (χ1v) is 6.28. The molecule has 5 nitrogen and oxygen atoms in total. The molecule has 5 heteroatoms. The van der Waals surface area contributed by atoms with Gasteiger partial charge in [0, 0.05) is 12.0 Å². The molecule has 1 fully saturated rings. The van der Waals surface area contributed by atoms with Crippen LogP contribution in [0, 0.1) is 5.92 Å². The molecule has 2 N–H and O–H groups in total. The molecule has 1 saturated carbocycles. The normalized spacial score (nSPS) is 33.4. The summed E-state index contributed by atoms with van der Waals surface area (Å²) in [5, 5.41) is 19.6. The minimum absolute atomic E-state index is 0.0751. The van der Waals surface area contributed by atoms with Gasteiger partial charge in [0.15, 0.2) is 0 Å². The first kappa shape index (κ1) is 13.8. The van der Waals surface area contributed by atoms with Crippen LogP contribution in [0.5, 0.6) is 0 Å². The van der Waals surface area contributed by atoms with Gasteiger partial charge in [-0.25, -0.2) is 4.79 Å². The number of ether oxygens (including phenoxy) is 1. The molecule has 3 atom stereocenters. The molecule has 3 unspecified atom stereocenters. The molecule has 1 aliphatic carbocycles. The zero-order chi connectivity index (χ0) is 13.9. The molecule has 1 aliphatic heterocycles. The third-order valence-corrected chi connectivity index (χ3v) is 3.59. The van der Waals surface area contributed by atoms with Gasteiger partial charge in [-0.2, -0.15) is 0 Å². The first-order chi connectivity index (χ1) is 9.01. The number of aliphatic hydroxyl groups is 2. The van der Waals surface area contributed by atoms with Crippen LogP contribution in [0.1, 0.15) is 19.8 Å². The lowest BCUT2D eigenvalue weighted by Gasteiger charge is -2.42. The SMILES string of the molecule is CC1(O)C2=CC(=O)OCC2CCC1O.c1ccoc1. The van der Waals surface area contributed by atoms with Crippen LogP contribution < -0.4 is 0 Å². The molecular weight excluding hydrogens is 248 g/mol. The smallest absolute Gasteiger partial charge is 0.330 e. The van der Waals surface area contributed by atoms with Gasteiger partial charge in [0.05, 0.1) is 25.2 Å². The van der Waals surface area contributed by atoms with Gasteiger partial charge in [-0.05, 0) is 37.5 Å². The quantitative estimate of drug-likeness (QED) is 0.691. The number of aliphatic hydroxyl groups excluding tert-OH is 1. The highest BCUT2D eigenvalue weighted by atomic mass is 16.5. The van der Waals surface area contributed by atoms with E-state index in [0.717, 1.165) is 6.42 Å². The van der Waals surface area contributed by atoms with Crippen molar-refractivity contribution in [3.63, 3.8) is 0 Å². The Bertz CT molecular complexity index is 429. The van der Waals surface area contributed by atoms with E-state index in [2.05, 4.69) is 4.42 Å². The Hall–Kier alpha value is -1.59. The second-order valence-corrected chi connectivity index (χ2v) is 4.96. The fourth-order valence-electron chi connectivity index (χ4n) is 2.42. The third-order valence-electron chi connectivity index (χ3n) is 3.59. The van der Waals surface area contributed by atoms with Crippen LogP contribution in [-0.4, -0.2) is 34.5 Å². The average Bonchev–Trinajstić information content (AvgIpc) is 2.94. The monoisotopic (exact) mass is 266 g/mol. The van der Waals surface area contributed by atoms with E-state index in [0.29, 0.717) is 18.6 Å². The van der Waals surface area contributed by atoms with Crippen LogP contribution in [-0.2, 0) is 9.53 Å². The average molecular weight is 266 g/mol. The number of rotatable bonds is 0. The van der Waals surface area contributed by atoms with Crippen LogP contribution in [0.2, 0.25) is 0 Å². The van der Waals surface area contributed by atoms with Crippen LogP contribution in [0.15, 0.2) is 40.7 Å². The van der Waals surface area contributed by atoms with Gasteiger partial charge in [0.1, 0.15) is 5.60 Å². The zero-order valence-corrected chi connectivity index (χ0v) is 10.8. The summed E-state index contributed by atoms with van der Waals surface area (Å²) in [5.41, 5.74) is -0.657. The van der Waals surface area contributed by atoms with Crippen molar-refractivity contribution in [1.29, 1.82) is 0 Å². The number of hydrogen-bond donors (Lipinski definition) is 2. The molecular formula is C14H18O5. The van der Waals surface area contributed by atoms with Gasteiger partial charge in [-0.1, -0.05) is 0 Å². The van der Waals surface area contributed by atoms with E-state index < -0.39 is 17.7 Å². The van der Waals surface area contributed by atoms with Gasteiger partial charge < -0.3 is 19.4 Å². The lowest BCUT2D eigenvalue weighted by atomic mass is 9.72. The van der Waals surface area contributed by atoms with Gasteiger partial charge in [0.25, 0.3) is 0 Å². The number of cyclic esters (lactones) is 1. The summed E-state index contributed by atoms with van der Waals surface area (Å²) in [4.78, 5) is 11.0. The van der Waals surface area contributed by atoms with Gasteiger partial charge in [0.2, 0.25) is 0 Å². The van der Waals surface area contributed by atoms with Crippen molar-refractivity contribution in [2.75, 3.05) is 6.61 Å². The Morgan fingerprint density at radius 2 is 2.00 bits per heavy atom. The summed E-state index contributed by atoms with van der Waals surface area (Å²) in [5.74, 6) is -0.350. The molecule has 2 aliphatic rings. The van der Waals surface area contributed by atoms with E-state index in [1.165, 1.54) is 6.08 Å². The number of furan rings is 1. The molecule has 0 radical (unpaired) electrons. The Kier molecular flexibility index (Phi) is 4.07. The summed E-state index contributed by atoms with van der Waals surface area (Å²) >= 11 is 0. The largest absolute Gasteiger partial charge is 0.473 e. The number of hydrogen-bond acceptors (Lipinski definition) is 5. The Labute approximate surface area is 111 Å². The standard InChI is InChI=1S/C10H14O4.C4H4O/c1-10(13)7-4-9(12)14-5-6(7)2-3-8(10)11;1-2-4-5-3-1/h4,6,8,11,13H,2-3,5H2,1H3;1-4H. The van der Waals surface area contributed by atoms with E-state index in [1.807, 2.05) is 12.1 Å². The van der Waals surface area contributed by atoms with E-state index in [-0.39, 0.29) is 5.92 Å². The van der Waals surface area contributed by atoms with E-state index >= 15 is 0 Å². The predicted octanol–water partition coefficient (Wildman–Crippen LogP) is 1.27. The molecule has 0 aromatic carbocycles. The van der Waals surface area contributed by atoms with E-state index in [1.54, 1.807) is 19.5 Å². The van der Waals surface area contributed by atoms with Crippen molar-refractivity contribution in [2.24, 2.45) is 5.92 Å². The van der Waals surface area contributed by atoms with Gasteiger partial charge >= 0.3 is 5.97 Å². The number of carbonyl (C=O) groups is 1. The number of carbonyl (C=O) groups excluding carboxylic acids is 1. The summed E-state index contributed by atoms with van der Waals surface area (Å²) < 4.78 is 9.45. The fourth-order valence-corrected chi connectivity index (χ4v) is 2.42. The van der Waals surface area contributed by atoms with Crippen LogP contribution in [0.4, 0.5) is 0 Å². The highest BCUT2D eigenvalue weighted by Crippen LogP contribution is 2.39. The second-order valence-electron chi connectivity index (χ2n) is 4.96. The third kappa shape index (κ3) is 3.05. The summed E-state index contributed by atoms with van der Waals surface area (Å²) in [6.07, 6.45) is 5.09. The number of fused-ring (bicyclic) bond motifs is 1. The van der Waals surface area contributed by atoms with Crippen LogP contribution in [0.25, 0.3) is 0 Å². The topological polar surface area (TPSA) is 79.9 Å². The Morgan fingerprint density at radius 3 is 2.58 bits per heavy atom. The van der Waals surface area contributed by atoms with Crippen LogP contribution >= 0.6 is 0 Å². The lowest BCUT2D eigenvalue weighted by Crippen LogP contribution is -2.49. The minimum atomic E-state index is -1.28. The van der Waals surface area contributed by atoms with E-state index in [4.69, 9.17) is 4.74 Å². The second kappa shape index (κ2) is 5.59. The highest BCUT2D eigenvalue weighted by molar-refractivity contribution is 5.84. The molecule has 104 valence electrons. The highest BCUT2D eigenvalue weighted by Gasteiger charge is 2.44. The number of esters is 1. The molecule has 0 bridgehead atoms. The molecule has 19 heavy (non-hydrogen) atoms. The maximum atomic E-state index is 11.0. The zero-order valence-electron chi connectivity index (χ0n) is 10.8. The predicted molar refractivity (Wildman–Crippen MR) is 67.1 cm³/mol. The van der Waals surface area contributed by atoms with Crippen molar-refractivity contribution in [3.8, 4) is 0 Å². The lowest BCUT2D eigenvalue weighted by molar-refractivity contribution is -0.143. The maximum Gasteiger partial charge on any atom is 0.330 e. The van der Waals surface area contributed by atoms with Crippen LogP contribution in [0.3, 0.4) is 0 Å². The first-order valence-electron chi connectivity index (χ1n) is 6.28. The van der Waals surface area contributed by atoms with Crippen molar-refractivity contribution in [1.82, 2.24) is 0 Å². The molecule has 1 aromatic rings. The molecule has 2 heterocycles. The van der Waals surface area contributed by atoms with Crippen molar-refractivity contribution in [3.05, 3.63) is 36.3 Å². The summed E-state index contributed by atoms with van der Waals surface area (Å²) in [7, 11) is 0. The van der Waals surface area contributed by atoms with Gasteiger partial charge in [-0.15, -0.1) is 0 Å². The summed E-state index contributed by atoms with van der Waals surface area (Å²) in [6.45, 7) is 1.88. The minimum Gasteiger partial charge on any atom is -0.473 e. The maximum absolute atomic E-state index is 11.0. The molecule has 1 aromatic heterocycles. The van der Waals surface area contributed by atoms with Crippen molar-refractivity contribution in [2.45, 2.75) is 31.5 Å².